The minimum Gasteiger partial charge on any atom is -0.480 e. The molecule has 0 radical (unpaired) electrons. The van der Waals surface area contributed by atoms with Gasteiger partial charge in [-0.2, -0.15) is 10.1 Å². The van der Waals surface area contributed by atoms with E-state index in [4.69, 9.17) is 22.1 Å². The molecule has 7 nitrogen and oxygen atoms in total. The van der Waals surface area contributed by atoms with E-state index >= 15 is 0 Å². The van der Waals surface area contributed by atoms with E-state index in [9.17, 15) is 4.79 Å². The van der Waals surface area contributed by atoms with Gasteiger partial charge in [-0.3, -0.25) is 14.4 Å². The van der Waals surface area contributed by atoms with Gasteiger partial charge < -0.3 is 10.5 Å². The van der Waals surface area contributed by atoms with Gasteiger partial charge in [0.05, 0.1) is 25.0 Å². The second kappa shape index (κ2) is 4.92. The van der Waals surface area contributed by atoms with Gasteiger partial charge in [0.2, 0.25) is 5.88 Å². The molecule has 110 valence electrons. The highest BCUT2D eigenvalue weighted by atomic mass is 35.5. The van der Waals surface area contributed by atoms with Crippen molar-refractivity contribution in [1.82, 2.24) is 14.8 Å². The molecule has 0 aliphatic carbocycles. The quantitative estimate of drug-likeness (QED) is 0.913. The number of nitrogens with zero attached hydrogens (tertiary/aromatic N) is 4. The third-order valence-electron chi connectivity index (χ3n) is 3.40. The molecule has 21 heavy (non-hydrogen) atoms. The van der Waals surface area contributed by atoms with Gasteiger partial charge in [-0.1, -0.05) is 11.6 Å². The zero-order valence-corrected chi connectivity index (χ0v) is 12.3. The molecule has 0 bridgehead atoms. The Bertz CT molecular complexity index is 715. The van der Waals surface area contributed by atoms with Gasteiger partial charge in [-0.05, 0) is 19.1 Å². The van der Waals surface area contributed by atoms with Crippen molar-refractivity contribution in [2.45, 2.75) is 13.0 Å². The molecule has 3 heterocycles. The molecule has 1 atom stereocenters. The number of amides is 1. The van der Waals surface area contributed by atoms with Gasteiger partial charge in [0.1, 0.15) is 16.5 Å². The number of aromatic nitrogens is 3. The predicted octanol–water partition coefficient (Wildman–Crippen LogP) is 1.74. The van der Waals surface area contributed by atoms with E-state index in [0.29, 0.717) is 28.8 Å². The number of hydrogen-bond donors (Lipinski definition) is 1. The number of carbonyl (C=O) groups is 1. The first-order valence-corrected chi connectivity index (χ1v) is 6.76. The maximum atomic E-state index is 12.6. The number of pyridine rings is 1. The molecule has 0 saturated heterocycles. The van der Waals surface area contributed by atoms with E-state index in [2.05, 4.69) is 10.1 Å². The van der Waals surface area contributed by atoms with Crippen molar-refractivity contribution in [3.05, 3.63) is 29.0 Å². The second-order valence-electron chi connectivity index (χ2n) is 4.82. The smallest absolute Gasteiger partial charge is 0.279 e. The van der Waals surface area contributed by atoms with E-state index in [-0.39, 0.29) is 17.8 Å². The molecule has 0 unspecified atom stereocenters. The number of halogens is 1. The number of hydrogen-bond acceptors (Lipinski definition) is 5. The maximum Gasteiger partial charge on any atom is 0.279 e. The number of nitrogens with two attached hydrogens (primary N) is 1. The Labute approximate surface area is 126 Å². The van der Waals surface area contributed by atoms with Crippen molar-refractivity contribution in [1.29, 1.82) is 0 Å². The Morgan fingerprint density at radius 3 is 2.95 bits per heavy atom. The summed E-state index contributed by atoms with van der Waals surface area (Å²) in [6.45, 7) is 2.41. The van der Waals surface area contributed by atoms with Gasteiger partial charge >= 0.3 is 0 Å². The van der Waals surface area contributed by atoms with Crippen LogP contribution in [0.5, 0.6) is 5.88 Å². The molecule has 2 N–H and O–H groups in total. The lowest BCUT2D eigenvalue weighted by molar-refractivity contribution is 0.0953. The highest BCUT2D eigenvalue weighted by molar-refractivity contribution is 6.31. The van der Waals surface area contributed by atoms with Crippen molar-refractivity contribution in [3.63, 3.8) is 0 Å². The van der Waals surface area contributed by atoms with E-state index < -0.39 is 0 Å². The van der Waals surface area contributed by atoms with Crippen LogP contribution in [0.3, 0.4) is 0 Å². The highest BCUT2D eigenvalue weighted by Crippen LogP contribution is 2.30. The lowest BCUT2D eigenvalue weighted by Gasteiger charge is -2.31. The summed E-state index contributed by atoms with van der Waals surface area (Å²) >= 11 is 5.96. The molecule has 1 amide bonds. The fraction of sp³-hybridized carbons (Fsp3) is 0.308. The van der Waals surface area contributed by atoms with E-state index in [1.807, 2.05) is 6.92 Å². The van der Waals surface area contributed by atoms with Gasteiger partial charge in [0.15, 0.2) is 0 Å². The number of ether oxygens (including phenoxy) is 1. The SMILES string of the molecule is COc1nc(N2C[C@H](C)n3ncc(N)c3C2=O)ccc1Cl. The molecule has 3 rings (SSSR count). The van der Waals surface area contributed by atoms with Crippen LogP contribution in [0.25, 0.3) is 0 Å². The molecule has 8 heteroatoms. The van der Waals surface area contributed by atoms with E-state index in [1.54, 1.807) is 21.7 Å². The Kier molecular flexibility index (Phi) is 3.21. The maximum absolute atomic E-state index is 12.6. The summed E-state index contributed by atoms with van der Waals surface area (Å²) in [5, 5.41) is 4.53. The van der Waals surface area contributed by atoms with Crippen LogP contribution in [0.4, 0.5) is 11.5 Å². The Morgan fingerprint density at radius 2 is 2.24 bits per heavy atom. The molecule has 0 fully saturated rings. The molecule has 1 aliphatic heterocycles. The van der Waals surface area contributed by atoms with E-state index in [0.717, 1.165) is 0 Å². The van der Waals surface area contributed by atoms with Crippen molar-refractivity contribution in [2.75, 3.05) is 24.3 Å². The van der Waals surface area contributed by atoms with Crippen molar-refractivity contribution < 1.29 is 9.53 Å². The fourth-order valence-electron chi connectivity index (χ4n) is 2.39. The van der Waals surface area contributed by atoms with Crippen LogP contribution in [0, 0.1) is 0 Å². The summed E-state index contributed by atoms with van der Waals surface area (Å²) in [4.78, 5) is 18.4. The fourth-order valence-corrected chi connectivity index (χ4v) is 2.57. The first-order valence-electron chi connectivity index (χ1n) is 6.38. The average Bonchev–Trinajstić information content (AvgIpc) is 2.86. The first-order chi connectivity index (χ1) is 10.0. The number of fused-ring (bicyclic) bond motifs is 1. The molecular weight excluding hydrogens is 294 g/mol. The topological polar surface area (TPSA) is 86.3 Å². The van der Waals surface area contributed by atoms with Crippen LogP contribution in [0.15, 0.2) is 18.3 Å². The number of nitrogen functional groups attached to an aromatic ring is 1. The summed E-state index contributed by atoms with van der Waals surface area (Å²) in [6.07, 6.45) is 1.49. The number of rotatable bonds is 2. The zero-order chi connectivity index (χ0) is 15.1. The molecule has 0 spiro atoms. The molecular formula is C13H14ClN5O2. The number of methoxy groups -OCH3 is 1. The first kappa shape index (κ1) is 13.7. The summed E-state index contributed by atoms with van der Waals surface area (Å²) in [6, 6.07) is 3.33. The third-order valence-corrected chi connectivity index (χ3v) is 3.69. The monoisotopic (exact) mass is 307 g/mol. The Balaban J connectivity index is 2.05. The van der Waals surface area contributed by atoms with Gasteiger partial charge in [0, 0.05) is 6.54 Å². The molecule has 0 aromatic carbocycles. The van der Waals surface area contributed by atoms with Gasteiger partial charge in [-0.15, -0.1) is 0 Å². The molecule has 1 aliphatic rings. The summed E-state index contributed by atoms with van der Waals surface area (Å²) in [5.74, 6) is 0.515. The lowest BCUT2D eigenvalue weighted by atomic mass is 10.2. The standard InChI is InChI=1S/C13H14ClN5O2/c1-7-6-18(10-4-3-8(14)12(17-10)21-2)13(20)11-9(15)5-16-19(7)11/h3-5,7H,6,15H2,1-2H3/t7-/m0/s1. The van der Waals surface area contributed by atoms with Crippen LogP contribution in [-0.4, -0.2) is 34.3 Å². The lowest BCUT2D eigenvalue weighted by Crippen LogP contribution is -2.43. The number of carbonyl (C=O) groups excluding carboxylic acids is 1. The van der Waals surface area contributed by atoms with Crippen LogP contribution in [0.2, 0.25) is 5.02 Å². The van der Waals surface area contributed by atoms with Gasteiger partial charge in [0.25, 0.3) is 5.91 Å². The molecule has 2 aromatic heterocycles. The number of anilines is 2. The average molecular weight is 308 g/mol. The minimum absolute atomic E-state index is 0.00141. The van der Waals surface area contributed by atoms with Crippen LogP contribution in [-0.2, 0) is 0 Å². The zero-order valence-electron chi connectivity index (χ0n) is 11.6. The second-order valence-corrected chi connectivity index (χ2v) is 5.23. The highest BCUT2D eigenvalue weighted by Gasteiger charge is 2.33. The third kappa shape index (κ3) is 2.09. The van der Waals surface area contributed by atoms with Crippen LogP contribution >= 0.6 is 11.6 Å². The Hall–Kier alpha value is -2.28. The summed E-state index contributed by atoms with van der Waals surface area (Å²) in [5.41, 5.74) is 6.58. The largest absolute Gasteiger partial charge is 0.480 e. The normalized spacial score (nSPS) is 17.8. The van der Waals surface area contributed by atoms with E-state index in [1.165, 1.54) is 13.3 Å². The molecule has 2 aromatic rings. The van der Waals surface area contributed by atoms with Crippen molar-refractivity contribution in [3.8, 4) is 5.88 Å². The summed E-state index contributed by atoms with van der Waals surface area (Å²) < 4.78 is 6.73. The Morgan fingerprint density at radius 1 is 1.48 bits per heavy atom. The summed E-state index contributed by atoms with van der Waals surface area (Å²) in [7, 11) is 1.48. The van der Waals surface area contributed by atoms with Crippen LogP contribution < -0.4 is 15.4 Å². The predicted molar refractivity (Wildman–Crippen MR) is 78.8 cm³/mol. The van der Waals surface area contributed by atoms with Crippen molar-refractivity contribution >= 4 is 29.0 Å². The minimum atomic E-state index is -0.236. The molecule has 0 saturated carbocycles. The van der Waals surface area contributed by atoms with Gasteiger partial charge in [-0.25, -0.2) is 0 Å². The van der Waals surface area contributed by atoms with Crippen LogP contribution in [0.1, 0.15) is 23.5 Å². The van der Waals surface area contributed by atoms with Crippen molar-refractivity contribution in [2.24, 2.45) is 0 Å².